The summed E-state index contributed by atoms with van der Waals surface area (Å²) in [5, 5.41) is 0. The van der Waals surface area contributed by atoms with Gasteiger partial charge in [0.25, 0.3) is 0 Å². The number of benzene rings is 1. The summed E-state index contributed by atoms with van der Waals surface area (Å²) in [6, 6.07) is 10.2. The van der Waals surface area contributed by atoms with Crippen molar-refractivity contribution >= 4 is 21.7 Å². The van der Waals surface area contributed by atoms with E-state index in [4.69, 9.17) is 0 Å². The molecule has 0 radical (unpaired) electrons. The van der Waals surface area contributed by atoms with E-state index >= 15 is 0 Å². The highest BCUT2D eigenvalue weighted by Gasteiger charge is 2.30. The predicted molar refractivity (Wildman–Crippen MR) is 69.9 cm³/mol. The monoisotopic (exact) mass is 280 g/mol. The highest BCUT2D eigenvalue weighted by Crippen LogP contribution is 2.34. The van der Waals surface area contributed by atoms with Crippen LogP contribution in [0.3, 0.4) is 0 Å². The van der Waals surface area contributed by atoms with Gasteiger partial charge < -0.3 is 0 Å². The lowest BCUT2D eigenvalue weighted by atomic mass is 9.87. The number of hydrogen-bond donors (Lipinski definition) is 0. The summed E-state index contributed by atoms with van der Waals surface area (Å²) in [5.74, 6) is 0.698. The van der Waals surface area contributed by atoms with Crippen molar-refractivity contribution < 1.29 is 4.79 Å². The van der Waals surface area contributed by atoms with Gasteiger partial charge in [0.2, 0.25) is 0 Å². The van der Waals surface area contributed by atoms with Crippen LogP contribution in [0.15, 0.2) is 30.3 Å². The molecule has 86 valence electrons. The Kier molecular flexibility index (Phi) is 3.80. The molecule has 0 unspecified atom stereocenters. The molecule has 16 heavy (non-hydrogen) atoms. The van der Waals surface area contributed by atoms with Gasteiger partial charge in [0.15, 0.2) is 0 Å². The van der Waals surface area contributed by atoms with Gasteiger partial charge in [-0.2, -0.15) is 0 Å². The molecule has 0 N–H and O–H groups in total. The van der Waals surface area contributed by atoms with E-state index in [9.17, 15) is 4.79 Å². The molecule has 1 aromatic carbocycles. The lowest BCUT2D eigenvalue weighted by Gasteiger charge is -2.17. The summed E-state index contributed by atoms with van der Waals surface area (Å²) in [7, 11) is 0. The fourth-order valence-electron chi connectivity index (χ4n) is 2.39. The largest absolute Gasteiger partial charge is 0.299 e. The van der Waals surface area contributed by atoms with Crippen molar-refractivity contribution in [3.8, 4) is 0 Å². The average molecular weight is 281 g/mol. The van der Waals surface area contributed by atoms with Crippen LogP contribution in [0.2, 0.25) is 0 Å². The van der Waals surface area contributed by atoms with Crippen LogP contribution in [0.4, 0.5) is 0 Å². The minimum atomic E-state index is 0.0862. The number of Topliss-reactive ketones (excluding diaryl/α,β-unsaturated/α-hetero) is 1. The van der Waals surface area contributed by atoms with E-state index in [-0.39, 0.29) is 11.8 Å². The molecular weight excluding hydrogens is 264 g/mol. The van der Waals surface area contributed by atoms with Gasteiger partial charge >= 0.3 is 0 Å². The van der Waals surface area contributed by atoms with E-state index < -0.39 is 0 Å². The molecule has 2 heteroatoms. The van der Waals surface area contributed by atoms with Gasteiger partial charge in [-0.3, -0.25) is 4.79 Å². The lowest BCUT2D eigenvalue weighted by Crippen LogP contribution is -2.18. The second kappa shape index (κ2) is 5.13. The molecule has 1 saturated carbocycles. The van der Waals surface area contributed by atoms with Crippen molar-refractivity contribution in [2.24, 2.45) is 5.92 Å². The van der Waals surface area contributed by atoms with Crippen molar-refractivity contribution in [1.82, 2.24) is 0 Å². The van der Waals surface area contributed by atoms with Crippen LogP contribution in [0.5, 0.6) is 0 Å². The van der Waals surface area contributed by atoms with E-state index in [1.807, 2.05) is 18.2 Å². The molecule has 0 spiro atoms. The first-order chi connectivity index (χ1) is 7.68. The van der Waals surface area contributed by atoms with Crippen LogP contribution in [-0.4, -0.2) is 10.6 Å². The Hall–Kier alpha value is -0.630. The zero-order chi connectivity index (χ0) is 11.5. The minimum Gasteiger partial charge on any atom is -0.299 e. The maximum Gasteiger partial charge on any atom is 0.143 e. The topological polar surface area (TPSA) is 17.1 Å². The Balaban J connectivity index is 2.27. The van der Waals surface area contributed by atoms with Crippen LogP contribution in [-0.2, 0) is 4.79 Å². The zero-order valence-corrected chi connectivity index (χ0v) is 11.1. The van der Waals surface area contributed by atoms with E-state index in [1.165, 1.54) is 5.56 Å². The van der Waals surface area contributed by atoms with Gasteiger partial charge in [-0.1, -0.05) is 53.2 Å². The Bertz CT molecular complexity index is 360. The van der Waals surface area contributed by atoms with Gasteiger partial charge in [0, 0.05) is 16.7 Å². The second-order valence-corrected chi connectivity index (χ2v) is 5.97. The number of hydrogen-bond acceptors (Lipinski definition) is 1. The number of carbonyl (C=O) groups is 1. The number of ketones is 1. The summed E-state index contributed by atoms with van der Waals surface area (Å²) in [4.78, 5) is 12.7. The SMILES string of the molecule is C[C@H]1CC[C@@H](Br)C[C@@H](c2ccccc2)C1=O. The fraction of sp³-hybridized carbons (Fsp3) is 0.500. The Morgan fingerprint density at radius 2 is 1.88 bits per heavy atom. The van der Waals surface area contributed by atoms with Crippen LogP contribution < -0.4 is 0 Å². The van der Waals surface area contributed by atoms with Crippen molar-refractivity contribution in [2.45, 2.75) is 36.9 Å². The van der Waals surface area contributed by atoms with Crippen molar-refractivity contribution in [2.75, 3.05) is 0 Å². The molecule has 0 aromatic heterocycles. The highest BCUT2D eigenvalue weighted by molar-refractivity contribution is 9.09. The van der Waals surface area contributed by atoms with Crippen LogP contribution in [0, 0.1) is 5.92 Å². The number of halogens is 1. The summed E-state index contributed by atoms with van der Waals surface area (Å²) in [5.41, 5.74) is 1.17. The smallest absolute Gasteiger partial charge is 0.143 e. The summed E-state index contributed by atoms with van der Waals surface area (Å²) in [6.07, 6.45) is 3.06. The average Bonchev–Trinajstić information content (AvgIpc) is 2.44. The third-order valence-corrected chi connectivity index (χ3v) is 4.27. The summed E-state index contributed by atoms with van der Waals surface area (Å²) >= 11 is 3.68. The third kappa shape index (κ3) is 2.54. The van der Waals surface area contributed by atoms with Crippen molar-refractivity contribution in [3.05, 3.63) is 35.9 Å². The van der Waals surface area contributed by atoms with E-state index in [2.05, 4.69) is 35.0 Å². The molecule has 0 aliphatic heterocycles. The highest BCUT2D eigenvalue weighted by atomic mass is 79.9. The fourth-order valence-corrected chi connectivity index (χ4v) is 3.03. The van der Waals surface area contributed by atoms with E-state index in [1.54, 1.807) is 0 Å². The molecule has 0 heterocycles. The first kappa shape index (κ1) is 11.8. The molecule has 1 aliphatic carbocycles. The molecule has 0 saturated heterocycles. The Labute approximate surface area is 105 Å². The molecule has 2 rings (SSSR count). The standard InChI is InChI=1S/C14H17BrO/c1-10-7-8-12(15)9-13(14(10)16)11-5-3-2-4-6-11/h2-6,10,12-13H,7-9H2,1H3/t10-,12+,13-/m0/s1. The van der Waals surface area contributed by atoms with E-state index in [0.29, 0.717) is 10.6 Å². The molecule has 1 aromatic rings. The van der Waals surface area contributed by atoms with Crippen LogP contribution in [0.25, 0.3) is 0 Å². The number of alkyl halides is 1. The Morgan fingerprint density at radius 1 is 1.19 bits per heavy atom. The molecular formula is C14H17BrO. The normalized spacial score (nSPS) is 31.1. The molecule has 1 fully saturated rings. The molecule has 3 atom stereocenters. The van der Waals surface area contributed by atoms with Crippen LogP contribution >= 0.6 is 15.9 Å². The molecule has 1 nitrogen and oxygen atoms in total. The second-order valence-electron chi connectivity index (χ2n) is 4.68. The van der Waals surface area contributed by atoms with Crippen molar-refractivity contribution in [1.29, 1.82) is 0 Å². The quantitative estimate of drug-likeness (QED) is 0.563. The maximum atomic E-state index is 12.3. The minimum absolute atomic E-state index is 0.0862. The first-order valence-corrected chi connectivity index (χ1v) is 6.83. The van der Waals surface area contributed by atoms with Gasteiger partial charge in [-0.25, -0.2) is 0 Å². The van der Waals surface area contributed by atoms with Gasteiger partial charge in [0.05, 0.1) is 0 Å². The molecule has 0 amide bonds. The maximum absolute atomic E-state index is 12.3. The van der Waals surface area contributed by atoms with Gasteiger partial charge in [-0.05, 0) is 24.8 Å². The summed E-state index contributed by atoms with van der Waals surface area (Å²) in [6.45, 7) is 2.06. The molecule has 0 bridgehead atoms. The van der Waals surface area contributed by atoms with Gasteiger partial charge in [-0.15, -0.1) is 0 Å². The third-order valence-electron chi connectivity index (χ3n) is 3.44. The predicted octanol–water partition coefficient (Wildman–Crippen LogP) is 3.92. The van der Waals surface area contributed by atoms with Crippen molar-refractivity contribution in [3.63, 3.8) is 0 Å². The first-order valence-electron chi connectivity index (χ1n) is 5.91. The van der Waals surface area contributed by atoms with E-state index in [0.717, 1.165) is 19.3 Å². The number of carbonyl (C=O) groups excluding carboxylic acids is 1. The zero-order valence-electron chi connectivity index (χ0n) is 9.53. The Morgan fingerprint density at radius 3 is 2.56 bits per heavy atom. The lowest BCUT2D eigenvalue weighted by molar-refractivity contribution is -0.123. The summed E-state index contributed by atoms with van der Waals surface area (Å²) < 4.78 is 0. The van der Waals surface area contributed by atoms with Crippen LogP contribution in [0.1, 0.15) is 37.7 Å². The van der Waals surface area contributed by atoms with Gasteiger partial charge in [0.1, 0.15) is 5.78 Å². The molecule has 1 aliphatic rings. The number of rotatable bonds is 1.